The van der Waals surface area contributed by atoms with Crippen LogP contribution in [0.4, 0.5) is 5.13 Å². The molecule has 4 aromatic rings. The van der Waals surface area contributed by atoms with Gasteiger partial charge in [-0.05, 0) is 49.7 Å². The van der Waals surface area contributed by atoms with Gasteiger partial charge in [0.15, 0.2) is 5.43 Å². The van der Waals surface area contributed by atoms with Crippen molar-refractivity contribution in [3.63, 3.8) is 0 Å². The predicted molar refractivity (Wildman–Crippen MR) is 118 cm³/mol. The molecule has 2 aromatic carbocycles. The summed E-state index contributed by atoms with van der Waals surface area (Å²) in [5.41, 5.74) is 0.960. The number of hydrogen-bond acceptors (Lipinski definition) is 7. The first-order valence-electron chi connectivity index (χ1n) is 9.60. The van der Waals surface area contributed by atoms with E-state index in [1.165, 1.54) is 16.2 Å². The zero-order chi connectivity index (χ0) is 21.7. The Labute approximate surface area is 185 Å². The summed E-state index contributed by atoms with van der Waals surface area (Å²) in [7, 11) is 0. The van der Waals surface area contributed by atoms with Crippen LogP contribution in [0.2, 0.25) is 5.02 Å². The number of benzene rings is 2. The summed E-state index contributed by atoms with van der Waals surface area (Å²) in [5.74, 6) is 0.203. The number of fused-ring (bicyclic) bond motifs is 2. The van der Waals surface area contributed by atoms with Crippen molar-refractivity contribution in [3.8, 4) is 5.75 Å². The lowest BCUT2D eigenvalue weighted by Gasteiger charge is -2.22. The number of hydrogen-bond donors (Lipinski definition) is 0. The predicted octanol–water partition coefficient (Wildman–Crippen LogP) is 4.75. The van der Waals surface area contributed by atoms with Crippen LogP contribution in [0.15, 0.2) is 51.7 Å². The Morgan fingerprint density at radius 2 is 2.03 bits per heavy atom. The topological polar surface area (TPSA) is 85.5 Å². The number of halogens is 1. The monoisotopic (exact) mass is 453 g/mol. The number of amides is 1. The largest absolute Gasteiger partial charge is 0.494 e. The van der Waals surface area contributed by atoms with E-state index in [2.05, 4.69) is 10.2 Å². The van der Waals surface area contributed by atoms with Crippen LogP contribution in [0.1, 0.15) is 39.7 Å². The maximum absolute atomic E-state index is 13.5. The lowest BCUT2D eigenvalue weighted by molar-refractivity contribution is 0.0970. The number of carbonyl (C=O) groups is 1. The molecule has 1 amide bonds. The highest BCUT2D eigenvalue weighted by molar-refractivity contribution is 7.15. The van der Waals surface area contributed by atoms with Crippen molar-refractivity contribution in [1.82, 2.24) is 10.2 Å². The van der Waals surface area contributed by atoms with Crippen molar-refractivity contribution >= 4 is 44.9 Å². The number of carbonyl (C=O) groups excluding carboxylic acids is 1. The first-order valence-corrected chi connectivity index (χ1v) is 10.8. The zero-order valence-corrected chi connectivity index (χ0v) is 18.2. The van der Waals surface area contributed by atoms with E-state index in [4.69, 9.17) is 20.8 Å². The Morgan fingerprint density at radius 3 is 2.77 bits per heavy atom. The molecule has 5 rings (SSSR count). The first kappa shape index (κ1) is 19.7. The highest BCUT2D eigenvalue weighted by Gasteiger charge is 2.45. The van der Waals surface area contributed by atoms with E-state index in [1.54, 1.807) is 25.1 Å². The SMILES string of the molecule is CCOc1cccc([C@@H]2c3c(oc4ccc(Cl)cc4c3=O)C(=O)N2c2nnc(C)s2)c1. The fourth-order valence-electron chi connectivity index (χ4n) is 3.78. The molecule has 0 fully saturated rings. The van der Waals surface area contributed by atoms with Gasteiger partial charge in [-0.1, -0.05) is 35.1 Å². The molecular weight excluding hydrogens is 438 g/mol. The molecule has 3 heterocycles. The molecule has 0 radical (unpaired) electrons. The van der Waals surface area contributed by atoms with Crippen LogP contribution < -0.4 is 15.1 Å². The minimum atomic E-state index is -0.727. The van der Waals surface area contributed by atoms with Crippen LogP contribution in [-0.4, -0.2) is 22.7 Å². The highest BCUT2D eigenvalue weighted by Crippen LogP contribution is 2.42. The lowest BCUT2D eigenvalue weighted by Crippen LogP contribution is -2.29. The summed E-state index contributed by atoms with van der Waals surface area (Å²) >= 11 is 7.39. The van der Waals surface area contributed by atoms with Crippen molar-refractivity contribution < 1.29 is 13.9 Å². The molecule has 0 N–H and O–H groups in total. The minimum Gasteiger partial charge on any atom is -0.494 e. The Balaban J connectivity index is 1.80. The summed E-state index contributed by atoms with van der Waals surface area (Å²) in [6, 6.07) is 11.4. The van der Waals surface area contributed by atoms with Crippen molar-refractivity contribution in [2.75, 3.05) is 11.5 Å². The minimum absolute atomic E-state index is 0.000474. The van der Waals surface area contributed by atoms with Crippen molar-refractivity contribution in [2.45, 2.75) is 19.9 Å². The normalized spacial score (nSPS) is 15.5. The molecule has 0 spiro atoms. The highest BCUT2D eigenvalue weighted by atomic mass is 35.5. The molecular formula is C22H16ClN3O4S. The van der Waals surface area contributed by atoms with E-state index >= 15 is 0 Å². The zero-order valence-electron chi connectivity index (χ0n) is 16.6. The lowest BCUT2D eigenvalue weighted by atomic mass is 9.98. The quantitative estimate of drug-likeness (QED) is 0.443. The van der Waals surface area contributed by atoms with Crippen LogP contribution in [0.5, 0.6) is 5.75 Å². The molecule has 2 aromatic heterocycles. The van der Waals surface area contributed by atoms with Crippen LogP contribution in [0.25, 0.3) is 11.0 Å². The smallest absolute Gasteiger partial charge is 0.297 e. The maximum atomic E-state index is 13.5. The average molecular weight is 454 g/mol. The average Bonchev–Trinajstić information content (AvgIpc) is 3.30. The summed E-state index contributed by atoms with van der Waals surface area (Å²) in [6.45, 7) is 4.19. The van der Waals surface area contributed by atoms with Gasteiger partial charge in [0.2, 0.25) is 10.9 Å². The molecule has 0 saturated carbocycles. The molecule has 7 nitrogen and oxygen atoms in total. The van der Waals surface area contributed by atoms with Gasteiger partial charge in [-0.3, -0.25) is 14.5 Å². The van der Waals surface area contributed by atoms with Crippen LogP contribution in [0.3, 0.4) is 0 Å². The molecule has 0 saturated heterocycles. The Kier molecular flexibility index (Phi) is 4.75. The second-order valence-corrected chi connectivity index (χ2v) is 8.60. The first-order chi connectivity index (χ1) is 15.0. The molecule has 31 heavy (non-hydrogen) atoms. The van der Waals surface area contributed by atoms with Crippen LogP contribution in [-0.2, 0) is 0 Å². The summed E-state index contributed by atoms with van der Waals surface area (Å²) < 4.78 is 11.6. The van der Waals surface area contributed by atoms with Gasteiger partial charge in [0.25, 0.3) is 5.91 Å². The van der Waals surface area contributed by atoms with Gasteiger partial charge in [-0.25, -0.2) is 0 Å². The van der Waals surface area contributed by atoms with Crippen LogP contribution in [0, 0.1) is 6.92 Å². The van der Waals surface area contributed by atoms with Crippen molar-refractivity contribution in [3.05, 3.63) is 79.6 Å². The molecule has 1 atom stereocenters. The number of ether oxygens (including phenoxy) is 1. The maximum Gasteiger partial charge on any atom is 0.297 e. The Bertz CT molecular complexity index is 1400. The van der Waals surface area contributed by atoms with E-state index in [9.17, 15) is 9.59 Å². The van der Waals surface area contributed by atoms with E-state index in [0.717, 1.165) is 0 Å². The van der Waals surface area contributed by atoms with E-state index < -0.39 is 11.9 Å². The van der Waals surface area contributed by atoms with Gasteiger partial charge in [0.05, 0.1) is 23.6 Å². The Hall–Kier alpha value is -3.23. The van der Waals surface area contributed by atoms with E-state index in [-0.39, 0.29) is 16.8 Å². The number of anilines is 1. The third kappa shape index (κ3) is 3.19. The number of nitrogens with zero attached hydrogens (tertiary/aromatic N) is 3. The number of rotatable bonds is 4. The van der Waals surface area contributed by atoms with Crippen LogP contribution >= 0.6 is 22.9 Å². The molecule has 0 unspecified atom stereocenters. The molecule has 1 aliphatic heterocycles. The number of aryl methyl sites for hydroxylation is 1. The summed E-state index contributed by atoms with van der Waals surface area (Å²) in [4.78, 5) is 28.4. The standard InChI is InChI=1S/C22H16ClN3O4S/c1-3-29-14-6-4-5-12(9-14)18-17-19(27)15-10-13(23)7-8-16(15)30-20(17)21(28)26(18)22-25-24-11(2)31-22/h4-10,18H,3H2,1-2H3/t18-/m1/s1. The van der Waals surface area contributed by atoms with Gasteiger partial charge in [-0.2, -0.15) is 0 Å². The third-order valence-electron chi connectivity index (χ3n) is 5.04. The fourth-order valence-corrected chi connectivity index (χ4v) is 4.67. The molecule has 0 aliphatic carbocycles. The van der Waals surface area contributed by atoms with E-state index in [0.29, 0.717) is 44.1 Å². The fraction of sp³-hybridized carbons (Fsp3) is 0.182. The van der Waals surface area contributed by atoms with Gasteiger partial charge >= 0.3 is 0 Å². The number of aromatic nitrogens is 2. The molecule has 156 valence electrons. The summed E-state index contributed by atoms with van der Waals surface area (Å²) in [6.07, 6.45) is 0. The van der Waals surface area contributed by atoms with Gasteiger partial charge in [0, 0.05) is 5.02 Å². The van der Waals surface area contributed by atoms with Gasteiger partial charge in [0.1, 0.15) is 16.3 Å². The second-order valence-electron chi connectivity index (χ2n) is 7.00. The summed E-state index contributed by atoms with van der Waals surface area (Å²) in [5, 5.41) is 10.0. The molecule has 9 heteroatoms. The van der Waals surface area contributed by atoms with Gasteiger partial charge < -0.3 is 9.15 Å². The van der Waals surface area contributed by atoms with Crippen molar-refractivity contribution in [2.24, 2.45) is 0 Å². The second kappa shape index (κ2) is 7.47. The molecule has 0 bridgehead atoms. The van der Waals surface area contributed by atoms with Crippen molar-refractivity contribution in [1.29, 1.82) is 0 Å². The third-order valence-corrected chi connectivity index (χ3v) is 6.11. The molecule has 1 aliphatic rings. The van der Waals surface area contributed by atoms with Gasteiger partial charge in [-0.15, -0.1) is 10.2 Å². The Morgan fingerprint density at radius 1 is 1.19 bits per heavy atom. The van der Waals surface area contributed by atoms with E-state index in [1.807, 2.05) is 31.2 Å².